The number of piperidine rings is 1. The molecule has 2 saturated heterocycles. The van der Waals surface area contributed by atoms with E-state index in [4.69, 9.17) is 9.47 Å². The van der Waals surface area contributed by atoms with E-state index in [-0.39, 0.29) is 12.0 Å². The van der Waals surface area contributed by atoms with Gasteiger partial charge in [-0.25, -0.2) is 0 Å². The van der Waals surface area contributed by atoms with E-state index in [1.165, 1.54) is 11.1 Å². The largest absolute Gasteiger partial charge is 0.497 e. The summed E-state index contributed by atoms with van der Waals surface area (Å²) in [4.78, 5) is 17.9. The van der Waals surface area contributed by atoms with Gasteiger partial charge < -0.3 is 14.4 Å². The summed E-state index contributed by atoms with van der Waals surface area (Å²) in [5.74, 6) is 2.23. The van der Waals surface area contributed by atoms with Gasteiger partial charge >= 0.3 is 0 Å². The zero-order valence-electron chi connectivity index (χ0n) is 18.0. The molecule has 2 aromatic rings. The molecule has 0 unspecified atom stereocenters. The third-order valence-electron chi connectivity index (χ3n) is 6.52. The van der Waals surface area contributed by atoms with Gasteiger partial charge in [0.2, 0.25) is 5.91 Å². The minimum atomic E-state index is 0.142. The van der Waals surface area contributed by atoms with E-state index in [2.05, 4.69) is 34.1 Å². The molecule has 5 nitrogen and oxygen atoms in total. The van der Waals surface area contributed by atoms with E-state index in [0.29, 0.717) is 5.91 Å². The van der Waals surface area contributed by atoms with Crippen molar-refractivity contribution < 1.29 is 14.3 Å². The number of hydrogen-bond acceptors (Lipinski definition) is 4. The van der Waals surface area contributed by atoms with Crippen LogP contribution in [-0.2, 0) is 11.3 Å². The fourth-order valence-electron chi connectivity index (χ4n) is 4.79. The normalized spacial score (nSPS) is 20.3. The molecule has 2 aliphatic heterocycles. The second-order valence-corrected chi connectivity index (χ2v) is 8.36. The molecule has 0 N–H and O–H groups in total. The maximum absolute atomic E-state index is 13.3. The number of ether oxygens (including phenoxy) is 2. The monoisotopic (exact) mass is 408 g/mol. The van der Waals surface area contributed by atoms with E-state index in [1.54, 1.807) is 14.2 Å². The van der Waals surface area contributed by atoms with Gasteiger partial charge in [-0.15, -0.1) is 0 Å². The van der Waals surface area contributed by atoms with Crippen molar-refractivity contribution >= 4 is 5.91 Å². The van der Waals surface area contributed by atoms with Gasteiger partial charge in [0.1, 0.15) is 11.5 Å². The van der Waals surface area contributed by atoms with Crippen LogP contribution >= 0.6 is 0 Å². The predicted octanol–water partition coefficient (Wildman–Crippen LogP) is 4.28. The number of hydrogen-bond donors (Lipinski definition) is 0. The molecule has 0 aliphatic carbocycles. The molecule has 2 fully saturated rings. The zero-order chi connectivity index (χ0) is 20.9. The molecule has 1 atom stereocenters. The summed E-state index contributed by atoms with van der Waals surface area (Å²) in [7, 11) is 3.38. The van der Waals surface area contributed by atoms with Gasteiger partial charge in [-0.1, -0.05) is 24.3 Å². The van der Waals surface area contributed by atoms with E-state index in [1.807, 2.05) is 24.3 Å². The number of nitrogens with zero attached hydrogens (tertiary/aromatic N) is 2. The van der Waals surface area contributed by atoms with E-state index >= 15 is 0 Å². The van der Waals surface area contributed by atoms with Gasteiger partial charge in [-0.05, 0) is 74.2 Å². The average Bonchev–Trinajstić information content (AvgIpc) is 3.30. The lowest BCUT2D eigenvalue weighted by molar-refractivity contribution is -0.138. The van der Waals surface area contributed by atoms with Gasteiger partial charge in [0.25, 0.3) is 0 Å². The van der Waals surface area contributed by atoms with Gasteiger partial charge in [0, 0.05) is 19.0 Å². The lowest BCUT2D eigenvalue weighted by atomic mass is 9.94. The molecule has 1 amide bonds. The van der Waals surface area contributed by atoms with Crippen molar-refractivity contribution in [3.05, 3.63) is 59.7 Å². The number of carbonyl (C=O) groups is 1. The molecular formula is C25H32N2O3. The highest BCUT2D eigenvalue weighted by Crippen LogP contribution is 2.36. The van der Waals surface area contributed by atoms with E-state index in [9.17, 15) is 4.79 Å². The maximum Gasteiger partial charge on any atom is 0.226 e. The Balaban J connectivity index is 1.34. The van der Waals surface area contributed by atoms with Crippen LogP contribution in [-0.4, -0.2) is 49.6 Å². The SMILES string of the molecule is COc1ccc(CN2CCC(C(=O)N3CCC[C@H]3c3cccc(OC)c3)CC2)cc1. The number of likely N-dealkylation sites (tertiary alicyclic amines) is 2. The van der Waals surface area contributed by atoms with Crippen LogP contribution in [0, 0.1) is 5.92 Å². The Morgan fingerprint density at radius 2 is 1.67 bits per heavy atom. The van der Waals surface area contributed by atoms with Crippen LogP contribution in [0.25, 0.3) is 0 Å². The Morgan fingerprint density at radius 1 is 0.933 bits per heavy atom. The van der Waals surface area contributed by atoms with Crippen molar-refractivity contribution in [2.75, 3.05) is 33.9 Å². The molecule has 0 saturated carbocycles. The molecule has 4 rings (SSSR count). The Labute approximate surface area is 179 Å². The molecule has 160 valence electrons. The van der Waals surface area contributed by atoms with Crippen LogP contribution < -0.4 is 9.47 Å². The fourth-order valence-corrected chi connectivity index (χ4v) is 4.79. The lowest BCUT2D eigenvalue weighted by Gasteiger charge is -2.35. The van der Waals surface area contributed by atoms with Gasteiger partial charge in [0.05, 0.1) is 20.3 Å². The molecule has 0 bridgehead atoms. The smallest absolute Gasteiger partial charge is 0.226 e. The highest BCUT2D eigenvalue weighted by molar-refractivity contribution is 5.79. The highest BCUT2D eigenvalue weighted by atomic mass is 16.5. The minimum absolute atomic E-state index is 0.142. The van der Waals surface area contributed by atoms with Gasteiger partial charge in [-0.3, -0.25) is 9.69 Å². The van der Waals surface area contributed by atoms with Crippen LogP contribution in [0.15, 0.2) is 48.5 Å². The van der Waals surface area contributed by atoms with Crippen molar-refractivity contribution in [1.82, 2.24) is 9.80 Å². The summed E-state index contributed by atoms with van der Waals surface area (Å²) in [6.45, 7) is 3.74. The Morgan fingerprint density at radius 3 is 2.37 bits per heavy atom. The van der Waals surface area contributed by atoms with Crippen molar-refractivity contribution in [2.24, 2.45) is 5.92 Å². The van der Waals surface area contributed by atoms with Crippen LogP contribution in [0.2, 0.25) is 0 Å². The van der Waals surface area contributed by atoms with Crippen LogP contribution in [0.3, 0.4) is 0 Å². The molecule has 2 heterocycles. The first-order valence-electron chi connectivity index (χ1n) is 11.0. The zero-order valence-corrected chi connectivity index (χ0v) is 18.0. The molecule has 0 spiro atoms. The molecule has 2 aliphatic rings. The first kappa shape index (κ1) is 20.7. The molecule has 30 heavy (non-hydrogen) atoms. The number of rotatable bonds is 6. The molecular weight excluding hydrogens is 376 g/mol. The molecule has 5 heteroatoms. The van der Waals surface area contributed by atoms with Crippen molar-refractivity contribution in [2.45, 2.75) is 38.3 Å². The number of benzene rings is 2. The maximum atomic E-state index is 13.3. The summed E-state index contributed by atoms with van der Waals surface area (Å²) < 4.78 is 10.6. The topological polar surface area (TPSA) is 42.0 Å². The number of carbonyl (C=O) groups excluding carboxylic acids is 1. The summed E-state index contributed by atoms with van der Waals surface area (Å²) in [5.41, 5.74) is 2.48. The van der Waals surface area contributed by atoms with Gasteiger partial charge in [0.15, 0.2) is 0 Å². The molecule has 0 radical (unpaired) electrons. The van der Waals surface area contributed by atoms with Crippen LogP contribution in [0.4, 0.5) is 0 Å². The van der Waals surface area contributed by atoms with Crippen molar-refractivity contribution in [3.8, 4) is 11.5 Å². The summed E-state index contributed by atoms with van der Waals surface area (Å²) >= 11 is 0. The average molecular weight is 409 g/mol. The quantitative estimate of drug-likeness (QED) is 0.716. The number of methoxy groups -OCH3 is 2. The fraction of sp³-hybridized carbons (Fsp3) is 0.480. The Hall–Kier alpha value is -2.53. The van der Waals surface area contributed by atoms with Crippen molar-refractivity contribution in [1.29, 1.82) is 0 Å². The first-order chi connectivity index (χ1) is 14.7. The van der Waals surface area contributed by atoms with Crippen LogP contribution in [0.5, 0.6) is 11.5 Å². The Bertz CT molecular complexity index is 844. The minimum Gasteiger partial charge on any atom is -0.497 e. The second-order valence-electron chi connectivity index (χ2n) is 8.36. The standard InChI is InChI=1S/C25H32N2O3/c1-29-22-10-8-19(9-11-22)18-26-15-12-20(13-16-26)25(28)27-14-4-7-24(27)21-5-3-6-23(17-21)30-2/h3,5-6,8-11,17,20,24H,4,7,12-16,18H2,1-2H3/t24-/m0/s1. The summed E-state index contributed by atoms with van der Waals surface area (Å²) in [6, 6.07) is 16.6. The van der Waals surface area contributed by atoms with Crippen molar-refractivity contribution in [3.63, 3.8) is 0 Å². The lowest BCUT2D eigenvalue weighted by Crippen LogP contribution is -2.42. The molecule has 2 aromatic carbocycles. The summed E-state index contributed by atoms with van der Waals surface area (Å²) in [5, 5.41) is 0. The van der Waals surface area contributed by atoms with Crippen LogP contribution in [0.1, 0.15) is 42.9 Å². The van der Waals surface area contributed by atoms with E-state index < -0.39 is 0 Å². The second kappa shape index (κ2) is 9.52. The predicted molar refractivity (Wildman–Crippen MR) is 118 cm³/mol. The summed E-state index contributed by atoms with van der Waals surface area (Å²) in [6.07, 6.45) is 3.99. The third kappa shape index (κ3) is 4.62. The molecule has 0 aromatic heterocycles. The van der Waals surface area contributed by atoms with Gasteiger partial charge in [-0.2, -0.15) is 0 Å². The first-order valence-corrected chi connectivity index (χ1v) is 11.0. The van der Waals surface area contributed by atoms with E-state index in [0.717, 1.165) is 63.4 Å². The third-order valence-corrected chi connectivity index (χ3v) is 6.52. The number of amides is 1. The highest BCUT2D eigenvalue weighted by Gasteiger charge is 2.35. The Kier molecular flexibility index (Phi) is 6.58.